The first kappa shape index (κ1) is 15.0. The zero-order valence-electron chi connectivity index (χ0n) is 12.9. The van der Waals surface area contributed by atoms with E-state index in [1.165, 1.54) is 0 Å². The molecule has 1 atom stereocenters. The molecule has 0 fully saturated rings. The average molecular weight is 298 g/mol. The molecule has 2 heterocycles. The zero-order valence-corrected chi connectivity index (χ0v) is 12.9. The van der Waals surface area contributed by atoms with Gasteiger partial charge in [-0.25, -0.2) is 0 Å². The molecule has 116 valence electrons. The second kappa shape index (κ2) is 6.90. The van der Waals surface area contributed by atoms with E-state index < -0.39 is 6.10 Å². The molecule has 2 aromatic rings. The Hall–Kier alpha value is -1.91. The normalized spacial score (nSPS) is 16.5. The van der Waals surface area contributed by atoms with Crippen molar-refractivity contribution in [1.82, 2.24) is 9.88 Å². The highest BCUT2D eigenvalue weighted by Gasteiger charge is 2.18. The van der Waals surface area contributed by atoms with Crippen molar-refractivity contribution in [3.8, 4) is 5.75 Å². The third kappa shape index (κ3) is 3.29. The van der Waals surface area contributed by atoms with E-state index in [-0.39, 0.29) is 0 Å². The second-order valence-corrected chi connectivity index (χ2v) is 5.68. The molecular weight excluding hydrogens is 276 g/mol. The minimum absolute atomic E-state index is 0.651. The van der Waals surface area contributed by atoms with E-state index in [4.69, 9.17) is 4.74 Å². The molecule has 0 saturated carbocycles. The summed E-state index contributed by atoms with van der Waals surface area (Å²) in [4.78, 5) is 6.47. The summed E-state index contributed by atoms with van der Waals surface area (Å²) in [5.41, 5.74) is 2.84. The molecule has 0 aliphatic carbocycles. The van der Waals surface area contributed by atoms with Gasteiger partial charge in [-0.3, -0.25) is 9.88 Å². The lowest BCUT2D eigenvalue weighted by Crippen LogP contribution is -2.26. The number of pyridine rings is 1. The van der Waals surface area contributed by atoms with E-state index in [0.29, 0.717) is 0 Å². The first-order chi connectivity index (χ1) is 10.8. The molecule has 0 unspecified atom stereocenters. The number of aliphatic hydroxyl groups is 1. The fourth-order valence-electron chi connectivity index (χ4n) is 2.88. The molecule has 0 saturated heterocycles. The van der Waals surface area contributed by atoms with Crippen LogP contribution >= 0.6 is 0 Å². The van der Waals surface area contributed by atoms with Crippen molar-refractivity contribution in [2.24, 2.45) is 0 Å². The number of aromatic nitrogens is 1. The number of hydrogen-bond donors (Lipinski definition) is 1. The molecule has 0 amide bonds. The first-order valence-electron chi connectivity index (χ1n) is 7.84. The molecule has 1 aliphatic heterocycles. The zero-order chi connectivity index (χ0) is 15.4. The Bertz CT molecular complexity index is 616. The minimum atomic E-state index is -0.651. The number of benzene rings is 1. The fraction of sp³-hybridized carbons (Fsp3) is 0.389. The van der Waals surface area contributed by atoms with E-state index in [9.17, 15) is 5.11 Å². The predicted molar refractivity (Wildman–Crippen MR) is 85.8 cm³/mol. The van der Waals surface area contributed by atoms with Crippen molar-refractivity contribution in [3.63, 3.8) is 0 Å². The molecule has 1 aromatic heterocycles. The van der Waals surface area contributed by atoms with Gasteiger partial charge < -0.3 is 9.84 Å². The van der Waals surface area contributed by atoms with Crippen LogP contribution in [0.5, 0.6) is 5.75 Å². The third-order valence-corrected chi connectivity index (χ3v) is 4.00. The van der Waals surface area contributed by atoms with Crippen LogP contribution in [0.3, 0.4) is 0 Å². The summed E-state index contributed by atoms with van der Waals surface area (Å²) in [5, 5.41) is 10.5. The van der Waals surface area contributed by atoms with Gasteiger partial charge in [-0.15, -0.1) is 0 Å². The summed E-state index contributed by atoms with van der Waals surface area (Å²) in [7, 11) is 0. The van der Waals surface area contributed by atoms with Crippen molar-refractivity contribution < 1.29 is 9.84 Å². The van der Waals surface area contributed by atoms with Gasteiger partial charge in [-0.05, 0) is 36.7 Å². The van der Waals surface area contributed by atoms with E-state index in [1.807, 2.05) is 24.3 Å². The number of aliphatic hydroxyl groups excluding tert-OH is 1. The Morgan fingerprint density at radius 2 is 2.23 bits per heavy atom. The van der Waals surface area contributed by atoms with Crippen LogP contribution in [0.2, 0.25) is 0 Å². The summed E-state index contributed by atoms with van der Waals surface area (Å²) < 4.78 is 5.83. The highest BCUT2D eigenvalue weighted by Crippen LogP contribution is 2.29. The van der Waals surface area contributed by atoms with E-state index in [0.717, 1.165) is 55.1 Å². The van der Waals surface area contributed by atoms with E-state index in [1.54, 1.807) is 12.4 Å². The predicted octanol–water partition coefficient (Wildman–Crippen LogP) is 2.77. The van der Waals surface area contributed by atoms with Crippen LogP contribution in [0.15, 0.2) is 42.7 Å². The largest absolute Gasteiger partial charge is 0.492 e. The highest BCUT2D eigenvalue weighted by atomic mass is 16.5. The van der Waals surface area contributed by atoms with E-state index >= 15 is 0 Å². The second-order valence-electron chi connectivity index (χ2n) is 5.68. The SMILES string of the molecule is CCCN1CCOc2ccc([C@@H](O)c3cccnc3)cc2C1. The maximum Gasteiger partial charge on any atom is 0.123 e. The molecule has 4 nitrogen and oxygen atoms in total. The Labute approximate surface area is 131 Å². The van der Waals surface area contributed by atoms with Crippen LogP contribution in [0.1, 0.15) is 36.1 Å². The van der Waals surface area contributed by atoms with Gasteiger partial charge in [-0.2, -0.15) is 0 Å². The Morgan fingerprint density at radius 3 is 3.00 bits per heavy atom. The smallest absolute Gasteiger partial charge is 0.123 e. The Morgan fingerprint density at radius 1 is 1.32 bits per heavy atom. The lowest BCUT2D eigenvalue weighted by molar-refractivity contribution is 0.219. The average Bonchev–Trinajstić information content (AvgIpc) is 2.76. The van der Waals surface area contributed by atoms with Crippen LogP contribution < -0.4 is 4.74 Å². The molecule has 0 bridgehead atoms. The van der Waals surface area contributed by atoms with E-state index in [2.05, 4.69) is 22.9 Å². The third-order valence-electron chi connectivity index (χ3n) is 4.00. The number of fused-ring (bicyclic) bond motifs is 1. The maximum atomic E-state index is 10.5. The van der Waals surface area contributed by atoms with Gasteiger partial charge in [0.05, 0.1) is 0 Å². The summed E-state index contributed by atoms with van der Waals surface area (Å²) in [6.07, 6.45) is 3.90. The van der Waals surface area contributed by atoms with Gasteiger partial charge in [0.2, 0.25) is 0 Å². The monoisotopic (exact) mass is 298 g/mol. The van der Waals surface area contributed by atoms with Crippen LogP contribution in [0.25, 0.3) is 0 Å². The number of ether oxygens (including phenoxy) is 1. The fourth-order valence-corrected chi connectivity index (χ4v) is 2.88. The molecule has 1 aliphatic rings. The topological polar surface area (TPSA) is 45.6 Å². The molecule has 1 aromatic carbocycles. The van der Waals surface area contributed by atoms with Crippen LogP contribution in [0.4, 0.5) is 0 Å². The lowest BCUT2D eigenvalue weighted by Gasteiger charge is -2.19. The van der Waals surface area contributed by atoms with Gasteiger partial charge in [0.25, 0.3) is 0 Å². The number of rotatable bonds is 4. The standard InChI is InChI=1S/C18H22N2O2/c1-2-8-20-9-10-22-17-6-5-14(11-16(17)13-20)18(21)15-4-3-7-19-12-15/h3-7,11-12,18,21H,2,8-10,13H2,1H3/t18-/m1/s1. The Balaban J connectivity index is 1.86. The van der Waals surface area contributed by atoms with Gasteiger partial charge in [0, 0.05) is 36.6 Å². The van der Waals surface area contributed by atoms with Crippen LogP contribution in [-0.2, 0) is 6.54 Å². The molecular formula is C18H22N2O2. The van der Waals surface area contributed by atoms with Crippen molar-refractivity contribution in [1.29, 1.82) is 0 Å². The summed E-state index contributed by atoms with van der Waals surface area (Å²) in [6.45, 7) is 5.80. The molecule has 4 heteroatoms. The molecule has 0 radical (unpaired) electrons. The molecule has 1 N–H and O–H groups in total. The van der Waals surface area contributed by atoms with Gasteiger partial charge >= 0.3 is 0 Å². The maximum absolute atomic E-state index is 10.5. The van der Waals surface area contributed by atoms with Crippen LogP contribution in [0, 0.1) is 0 Å². The number of nitrogens with zero attached hydrogens (tertiary/aromatic N) is 2. The minimum Gasteiger partial charge on any atom is -0.492 e. The summed E-state index contributed by atoms with van der Waals surface area (Å²) in [5.74, 6) is 0.931. The van der Waals surface area contributed by atoms with Crippen LogP contribution in [-0.4, -0.2) is 34.7 Å². The van der Waals surface area contributed by atoms with Crippen molar-refractivity contribution in [3.05, 3.63) is 59.4 Å². The van der Waals surface area contributed by atoms with Gasteiger partial charge in [0.15, 0.2) is 0 Å². The molecule has 0 spiro atoms. The summed E-state index contributed by atoms with van der Waals surface area (Å²) in [6, 6.07) is 9.70. The molecule has 22 heavy (non-hydrogen) atoms. The Kier molecular flexibility index (Phi) is 4.71. The lowest BCUT2D eigenvalue weighted by atomic mass is 10.0. The van der Waals surface area contributed by atoms with Crippen molar-refractivity contribution >= 4 is 0 Å². The summed E-state index contributed by atoms with van der Waals surface area (Å²) >= 11 is 0. The first-order valence-corrected chi connectivity index (χ1v) is 7.84. The van der Waals surface area contributed by atoms with Gasteiger partial charge in [-0.1, -0.05) is 19.1 Å². The quantitative estimate of drug-likeness (QED) is 0.943. The van der Waals surface area contributed by atoms with Crippen molar-refractivity contribution in [2.45, 2.75) is 26.0 Å². The number of hydrogen-bond acceptors (Lipinski definition) is 4. The van der Waals surface area contributed by atoms with Gasteiger partial charge in [0.1, 0.15) is 18.5 Å². The van der Waals surface area contributed by atoms with Crippen molar-refractivity contribution in [2.75, 3.05) is 19.7 Å². The molecule has 3 rings (SSSR count). The highest BCUT2D eigenvalue weighted by molar-refractivity contribution is 5.40.